The quantitative estimate of drug-likeness (QED) is 0.0253. The van der Waals surface area contributed by atoms with Crippen LogP contribution in [0.2, 0.25) is 0 Å². The van der Waals surface area contributed by atoms with Gasteiger partial charge in [-0.15, -0.1) is 0 Å². The molecular formula is C53H84N4O66S8. The summed E-state index contributed by atoms with van der Waals surface area (Å²) in [5.74, 6) is -13.0. The number of rotatable bonds is 40. The fraction of sp³-hybridized carbons (Fsp3) is 0.887. The number of nitrogens with one attached hydrogen (secondary N) is 4. The van der Waals surface area contributed by atoms with Crippen molar-refractivity contribution in [1.29, 1.82) is 0 Å². The first-order chi connectivity index (χ1) is 59.8. The van der Waals surface area contributed by atoms with Gasteiger partial charge < -0.3 is 158 Å². The van der Waals surface area contributed by atoms with Crippen LogP contribution in [0.3, 0.4) is 0 Å². The van der Waals surface area contributed by atoms with Gasteiger partial charge >= 0.3 is 107 Å². The van der Waals surface area contributed by atoms with Crippen molar-refractivity contribution in [2.75, 3.05) is 26.4 Å². The highest BCUT2D eigenvalue weighted by Crippen LogP contribution is 2.42. The van der Waals surface area contributed by atoms with Crippen molar-refractivity contribution in [3.8, 4) is 0 Å². The summed E-state index contributed by atoms with van der Waals surface area (Å²) in [7, 11) is -48.5. The summed E-state index contributed by atoms with van der Waals surface area (Å²) < 4.78 is 388. The second-order valence-corrected chi connectivity index (χ2v) is 37.6. The number of carboxylic acid groups (broad SMARTS) is 4. The third-order valence-electron chi connectivity index (χ3n) is 19.5. The molecule has 27 N–H and O–H groups in total. The van der Waals surface area contributed by atoms with Gasteiger partial charge in [0.25, 0.3) is 0 Å². The van der Waals surface area contributed by atoms with Crippen molar-refractivity contribution < 1.29 is 305 Å². The molecule has 0 radical (unpaired) electrons. The normalized spacial score (nSPS) is 41.0. The van der Waals surface area contributed by atoms with E-state index in [-0.39, 0.29) is 0 Å². The molecule has 0 saturated carbocycles. The summed E-state index contributed by atoms with van der Waals surface area (Å²) in [5.41, 5.74) is 0. The minimum atomic E-state index is -6.52. The number of carbonyl (C=O) groups is 6. The van der Waals surface area contributed by atoms with E-state index in [9.17, 15) is 209 Å². The number of aliphatic hydroxyl groups excluding tert-OH is 11. The molecule has 0 aromatic carbocycles. The highest BCUT2D eigenvalue weighted by atomic mass is 32.3. The van der Waals surface area contributed by atoms with Crippen molar-refractivity contribution >= 4 is 119 Å². The Bertz CT molecular complexity index is 4990. The Morgan fingerprint density at radius 1 is 0.275 bits per heavy atom. The number of hydrogen-bond acceptors (Lipinski definition) is 54. The number of carboxylic acids is 4. The van der Waals surface area contributed by atoms with Crippen LogP contribution in [0.5, 0.6) is 0 Å². The Morgan fingerprint density at radius 3 is 0.908 bits per heavy atom. The molecule has 4 unspecified atom stereocenters. The molecule has 760 valence electrons. The average molecular weight is 2090 g/mol. The number of ether oxygens (including phenoxy) is 15. The molecule has 8 fully saturated rings. The Balaban J connectivity index is 1.13. The van der Waals surface area contributed by atoms with Gasteiger partial charge in [-0.05, 0) is 0 Å². The first kappa shape index (κ1) is 111. The van der Waals surface area contributed by atoms with Gasteiger partial charge in [0.1, 0.15) is 152 Å². The van der Waals surface area contributed by atoms with Crippen LogP contribution in [0.4, 0.5) is 0 Å². The fourth-order valence-electron chi connectivity index (χ4n) is 14.1. The zero-order valence-corrected chi connectivity index (χ0v) is 71.6. The lowest BCUT2D eigenvalue weighted by molar-refractivity contribution is -0.379. The van der Waals surface area contributed by atoms with Crippen LogP contribution in [0.25, 0.3) is 0 Å². The third kappa shape index (κ3) is 29.9. The summed E-state index contributed by atoms with van der Waals surface area (Å²) in [4.78, 5) is 76.5. The first-order valence-electron chi connectivity index (χ1n) is 35.9. The standard InChI is InChI=1S/C53H84N4O66S8/c1-8-19(60)25(66)50(111-29(8)42(70)71)113-31-12(5-104-127(88,89)90)108-47(16(21(31)62)55-10(3)59)116-35-24(65)27(68)52(120-39(35)43(72)73)115-33-14(7-106-129(94,95)96)110-49(18(57-125(82,83)84)34(33)122-130(97,98)99)118-37-28(69)38(123-131(100,101)102)53(121-41(37)45(76)77)114-32-13(6-105-128(91,92)93)109-48(17(22(32)63)56-124(79,80)81)117-36-23(64)26(67)51(119-40(36)44(74)75)112-30-11(4-103-126(85,86)87)107-46(78)15(20(30)61)54-9(2)58/h8,11-41,46-53,56-57,60-69,78H,4-7H2,1-3H3,(H,54,58)(H,55,59)(H,70,71)(H,72,73)(H,74,75)(H,76,77)(H,79,80,81)(H,82,83,84)(H,85,86,87)(H,88,89,90)(H,91,92,93)(H,94,95,96)(H,97,98,99)(H,100,101,102)/t8-,11+,12+,13+,14+,15+,16+,17+,18+,19-,20+,21+,22+,23+,24+,25+,26+,27+,28-,29?,30+,31+,32+,33+,34+,35-,36-,37-,38+,39-,40+,41+,46?,47+,48+,49+,50-,51?,52?,53+/m0/s1. The van der Waals surface area contributed by atoms with Crippen LogP contribution < -0.4 is 20.1 Å². The number of amides is 2. The van der Waals surface area contributed by atoms with Gasteiger partial charge in [0, 0.05) is 19.8 Å². The number of hydrogen-bond donors (Lipinski definition) is 27. The van der Waals surface area contributed by atoms with Crippen molar-refractivity contribution in [1.82, 2.24) is 20.1 Å². The van der Waals surface area contributed by atoms with Crippen LogP contribution in [0.1, 0.15) is 20.8 Å². The molecular weight excluding hydrogens is 2010 g/mol. The van der Waals surface area contributed by atoms with E-state index in [1.165, 1.54) is 4.72 Å². The molecule has 78 heteroatoms. The molecule has 0 spiro atoms. The van der Waals surface area contributed by atoms with Crippen molar-refractivity contribution in [3.05, 3.63) is 0 Å². The molecule has 0 aliphatic carbocycles. The van der Waals surface area contributed by atoms with Crippen LogP contribution in [0, 0.1) is 5.92 Å². The lowest BCUT2D eigenvalue weighted by Gasteiger charge is -2.51. The number of aliphatic hydroxyl groups is 11. The Morgan fingerprint density at radius 2 is 0.550 bits per heavy atom. The maximum absolute atomic E-state index is 13.5. The highest BCUT2D eigenvalue weighted by molar-refractivity contribution is 7.84. The lowest BCUT2D eigenvalue weighted by atomic mass is 9.90. The van der Waals surface area contributed by atoms with Crippen molar-refractivity contribution in [2.45, 2.75) is 260 Å². The summed E-state index contributed by atoms with van der Waals surface area (Å²) >= 11 is 0. The van der Waals surface area contributed by atoms with Gasteiger partial charge in [-0.1, -0.05) is 6.92 Å². The topological polar surface area (TPSA) is 1080 Å². The van der Waals surface area contributed by atoms with Gasteiger partial charge in [-0.25, -0.2) is 44.3 Å². The summed E-state index contributed by atoms with van der Waals surface area (Å²) in [6.07, 6.45) is -101. The molecule has 8 aliphatic heterocycles. The van der Waals surface area contributed by atoms with E-state index in [0.717, 1.165) is 18.6 Å². The largest absolute Gasteiger partial charge is 0.479 e. The van der Waals surface area contributed by atoms with E-state index in [2.05, 4.69) is 25.1 Å². The van der Waals surface area contributed by atoms with Crippen LogP contribution in [0.15, 0.2) is 0 Å². The van der Waals surface area contributed by atoms with Gasteiger partial charge in [-0.2, -0.15) is 76.8 Å². The predicted octanol–water partition coefficient (Wildman–Crippen LogP) is -18.8. The summed E-state index contributed by atoms with van der Waals surface area (Å²) in [6, 6.07) is -10.8. The second kappa shape index (κ2) is 43.4. The molecule has 0 aromatic rings. The molecule has 8 aliphatic rings. The van der Waals surface area contributed by atoms with Crippen molar-refractivity contribution in [3.63, 3.8) is 0 Å². The number of carbonyl (C=O) groups excluding carboxylic acids is 2. The zero-order chi connectivity index (χ0) is 99.1. The zero-order valence-electron chi connectivity index (χ0n) is 65.0. The number of aliphatic carboxylic acids is 4. The Labute approximate surface area is 733 Å². The van der Waals surface area contributed by atoms with E-state index < -0.39 is 390 Å². The molecule has 0 aromatic heterocycles. The summed E-state index contributed by atoms with van der Waals surface area (Å²) in [5, 5.41) is 172. The van der Waals surface area contributed by atoms with E-state index in [4.69, 9.17) is 71.1 Å². The second-order valence-electron chi connectivity index (χ2n) is 28.7. The maximum atomic E-state index is 13.5. The monoisotopic (exact) mass is 2090 g/mol. The Hall–Kier alpha value is -5.26. The first-order valence-corrected chi connectivity index (χ1v) is 46.9. The maximum Gasteiger partial charge on any atom is 0.397 e. The van der Waals surface area contributed by atoms with Gasteiger partial charge in [0.05, 0.1) is 32.5 Å². The molecule has 8 saturated heterocycles. The van der Waals surface area contributed by atoms with E-state index in [1.54, 1.807) is 0 Å². The van der Waals surface area contributed by atoms with Crippen LogP contribution in [-0.4, -0.2) is 482 Å². The van der Waals surface area contributed by atoms with E-state index in [1.807, 2.05) is 10.6 Å². The minimum absolute atomic E-state index is 0.701. The van der Waals surface area contributed by atoms with E-state index in [0.29, 0.717) is 6.92 Å². The average Bonchev–Trinajstić information content (AvgIpc) is 0.735. The molecule has 2 amide bonds. The third-order valence-corrected chi connectivity index (χ3v) is 23.3. The highest BCUT2D eigenvalue weighted by Gasteiger charge is 2.64. The SMILES string of the molecule is CC(=O)N[C@H]1[C@@H](O[C@H]2[C@H](O)[C@@H](O)C(O[C@H]3[C@H](OS(=O)(=O)O)[C@@H](NS(=O)(=O)O)[C@@H](O[C@H]4[C@H](O)[C@@H](OS(=O)(=O)O)[C@H](O[C@H]5[C@H](O)[C@@H](NS(=O)(=O)O)[C@@H](O[C@H]6[C@H](O)[C@@H](O)C(O[C@H]7[C@H](O)[C@@H](NC(C)=O)C(O)O[C@@H]7COS(=O)(=O)O)O[C@H]6C(=O)O)O[C@@H]5COS(=O)(=O)O)O[C@H]4C(=O)O)O[C@@H]3COS(=O)(=O)O)O[C@@H]2C(=O)O)O[C@H](COS(=O)(=O)O)[C@@H](O[C@@H]2OC(C(=O)O)[C@@H](C)[C@H](O)[C@H]2O)[C@@H]1O. The lowest BCUT2D eigenvalue weighted by Crippen LogP contribution is -2.72. The predicted molar refractivity (Wildman–Crippen MR) is 380 cm³/mol. The molecule has 40 atom stereocenters. The molecule has 8 rings (SSSR count). The van der Waals surface area contributed by atoms with Crippen molar-refractivity contribution in [2.24, 2.45) is 5.92 Å². The van der Waals surface area contributed by atoms with Crippen LogP contribution in [-0.2, 0) is 208 Å². The van der Waals surface area contributed by atoms with Gasteiger partial charge in [0.2, 0.25) is 11.8 Å². The van der Waals surface area contributed by atoms with Gasteiger partial charge in [-0.3, -0.25) is 46.0 Å². The molecule has 8 heterocycles. The van der Waals surface area contributed by atoms with E-state index >= 15 is 0 Å². The van der Waals surface area contributed by atoms with Gasteiger partial charge in [0.15, 0.2) is 80.8 Å². The Kier molecular flexibility index (Phi) is 36.8. The molecule has 131 heavy (non-hydrogen) atoms. The van der Waals surface area contributed by atoms with Crippen LogP contribution >= 0.6 is 0 Å². The molecule has 0 bridgehead atoms. The molecule has 70 nitrogen and oxygen atoms in total. The summed E-state index contributed by atoms with van der Waals surface area (Å²) in [6.45, 7) is -4.56. The smallest absolute Gasteiger partial charge is 0.397 e. The minimum Gasteiger partial charge on any atom is -0.479 e. The fourth-order valence-corrected chi connectivity index (χ4v) is 17.5.